The van der Waals surface area contributed by atoms with E-state index in [9.17, 15) is 0 Å². The zero-order valence-electron chi connectivity index (χ0n) is 30.2. The lowest BCUT2D eigenvalue weighted by atomic mass is 9.94. The quantitative estimate of drug-likeness (QED) is 0.172. The van der Waals surface area contributed by atoms with Crippen molar-refractivity contribution in [3.8, 4) is 62.1 Å². The van der Waals surface area contributed by atoms with Gasteiger partial charge in [0.25, 0.3) is 0 Å². The van der Waals surface area contributed by atoms with E-state index < -0.39 is 0 Å². The number of fused-ring (bicyclic) bond motifs is 6. The Hall–Kier alpha value is -7.63. The van der Waals surface area contributed by atoms with E-state index in [1.165, 1.54) is 27.5 Å². The Labute approximate surface area is 322 Å². The fraction of sp³-hybridized carbons (Fsp3) is 0. The van der Waals surface area contributed by atoms with E-state index in [-0.39, 0.29) is 0 Å². The summed E-state index contributed by atoms with van der Waals surface area (Å²) in [7, 11) is 0. The minimum Gasteiger partial charge on any atom is -0.456 e. The van der Waals surface area contributed by atoms with Crippen molar-refractivity contribution < 1.29 is 4.42 Å². The molecule has 0 N–H and O–H groups in total. The van der Waals surface area contributed by atoms with Gasteiger partial charge in [0.15, 0.2) is 17.5 Å². The number of para-hydroxylation sites is 2. The molecule has 0 aliphatic rings. The topological polar surface area (TPSA) is 56.7 Å². The van der Waals surface area contributed by atoms with Gasteiger partial charge in [-0.15, -0.1) is 0 Å². The Kier molecular flexibility index (Phi) is 7.42. The van der Waals surface area contributed by atoms with Crippen LogP contribution in [0.15, 0.2) is 199 Å². The first kappa shape index (κ1) is 31.9. The first-order valence-corrected chi connectivity index (χ1v) is 18.8. The smallest absolute Gasteiger partial charge is 0.164 e. The van der Waals surface area contributed by atoms with Gasteiger partial charge in [-0.2, -0.15) is 0 Å². The summed E-state index contributed by atoms with van der Waals surface area (Å²) in [5.41, 5.74) is 12.5. The largest absolute Gasteiger partial charge is 0.456 e. The molecule has 0 atom stereocenters. The molecule has 0 radical (unpaired) electrons. The number of furan rings is 1. The highest BCUT2D eigenvalue weighted by atomic mass is 16.3. The zero-order chi connectivity index (χ0) is 37.0. The normalized spacial score (nSPS) is 11.6. The molecule has 0 fully saturated rings. The third kappa shape index (κ3) is 5.37. The van der Waals surface area contributed by atoms with Crippen LogP contribution in [-0.4, -0.2) is 19.5 Å². The van der Waals surface area contributed by atoms with Gasteiger partial charge in [-0.3, -0.25) is 0 Å². The molecular formula is C51H32N4O. The second-order valence-electron chi connectivity index (χ2n) is 14.0. The summed E-state index contributed by atoms with van der Waals surface area (Å²) in [5.74, 6) is 1.82. The van der Waals surface area contributed by atoms with E-state index in [4.69, 9.17) is 19.4 Å². The second-order valence-corrected chi connectivity index (χ2v) is 14.0. The Bertz CT molecular complexity index is 3250. The third-order valence-corrected chi connectivity index (χ3v) is 10.7. The van der Waals surface area contributed by atoms with Crippen LogP contribution in [0.4, 0.5) is 0 Å². The summed E-state index contributed by atoms with van der Waals surface area (Å²) in [6, 6.07) is 67.6. The van der Waals surface area contributed by atoms with Crippen molar-refractivity contribution >= 4 is 43.7 Å². The molecular weight excluding hydrogens is 685 g/mol. The van der Waals surface area contributed by atoms with Crippen LogP contribution in [0.2, 0.25) is 0 Å². The maximum atomic E-state index is 6.14. The Balaban J connectivity index is 1.09. The van der Waals surface area contributed by atoms with Gasteiger partial charge in [0.2, 0.25) is 0 Å². The van der Waals surface area contributed by atoms with E-state index >= 15 is 0 Å². The highest BCUT2D eigenvalue weighted by Gasteiger charge is 2.18. The van der Waals surface area contributed by atoms with Crippen LogP contribution in [0.5, 0.6) is 0 Å². The lowest BCUT2D eigenvalue weighted by molar-refractivity contribution is 0.669. The van der Waals surface area contributed by atoms with E-state index in [1.54, 1.807) is 0 Å². The molecule has 5 heteroatoms. The first-order chi connectivity index (χ1) is 27.7. The van der Waals surface area contributed by atoms with Crippen molar-refractivity contribution in [2.45, 2.75) is 0 Å². The van der Waals surface area contributed by atoms with Crippen LogP contribution < -0.4 is 0 Å². The van der Waals surface area contributed by atoms with Crippen LogP contribution in [0.3, 0.4) is 0 Å². The van der Waals surface area contributed by atoms with E-state index in [1.807, 2.05) is 60.7 Å². The van der Waals surface area contributed by atoms with Gasteiger partial charge in [0.05, 0.1) is 11.0 Å². The number of benzene rings is 8. The lowest BCUT2D eigenvalue weighted by Crippen LogP contribution is -2.01. The van der Waals surface area contributed by atoms with Gasteiger partial charge < -0.3 is 8.98 Å². The molecule has 5 nitrogen and oxygen atoms in total. The number of hydrogen-bond donors (Lipinski definition) is 0. The molecule has 0 bridgehead atoms. The van der Waals surface area contributed by atoms with Crippen molar-refractivity contribution in [1.29, 1.82) is 0 Å². The summed E-state index contributed by atoms with van der Waals surface area (Å²) < 4.78 is 8.50. The molecule has 0 amide bonds. The molecule has 11 rings (SSSR count). The average Bonchev–Trinajstić information content (AvgIpc) is 3.82. The number of hydrogen-bond acceptors (Lipinski definition) is 4. The van der Waals surface area contributed by atoms with Gasteiger partial charge in [0, 0.05) is 43.9 Å². The SMILES string of the molecule is c1ccc(-c2nc(-c3cccc(-n4c5ccccc5c5ccc(-c6ccccc6-c6ccccc6)cc54)c3)nc(-c3ccc4oc5ccccc5c4c3)n2)cc1. The number of aromatic nitrogens is 4. The molecule has 0 saturated heterocycles. The van der Waals surface area contributed by atoms with E-state index in [0.29, 0.717) is 17.5 Å². The zero-order valence-corrected chi connectivity index (χ0v) is 30.2. The predicted molar refractivity (Wildman–Crippen MR) is 229 cm³/mol. The monoisotopic (exact) mass is 716 g/mol. The molecule has 0 aliphatic carbocycles. The molecule has 8 aromatic carbocycles. The van der Waals surface area contributed by atoms with Gasteiger partial charge in [0.1, 0.15) is 11.2 Å². The highest BCUT2D eigenvalue weighted by Crippen LogP contribution is 2.39. The molecule has 0 spiro atoms. The lowest BCUT2D eigenvalue weighted by Gasteiger charge is -2.13. The van der Waals surface area contributed by atoms with Crippen LogP contribution in [0.25, 0.3) is 106 Å². The summed E-state index contributed by atoms with van der Waals surface area (Å²) in [6.07, 6.45) is 0. The van der Waals surface area contributed by atoms with Crippen LogP contribution in [-0.2, 0) is 0 Å². The number of rotatable bonds is 6. The fourth-order valence-electron chi connectivity index (χ4n) is 8.02. The maximum Gasteiger partial charge on any atom is 0.164 e. The molecule has 3 heterocycles. The van der Waals surface area contributed by atoms with Crippen molar-refractivity contribution in [2.24, 2.45) is 0 Å². The summed E-state index contributed by atoms with van der Waals surface area (Å²) >= 11 is 0. The van der Waals surface area contributed by atoms with Crippen LogP contribution >= 0.6 is 0 Å². The van der Waals surface area contributed by atoms with Crippen molar-refractivity contribution in [3.05, 3.63) is 194 Å². The highest BCUT2D eigenvalue weighted by molar-refractivity contribution is 6.10. The van der Waals surface area contributed by atoms with Crippen molar-refractivity contribution in [2.75, 3.05) is 0 Å². The Morgan fingerprint density at radius 2 is 0.875 bits per heavy atom. The van der Waals surface area contributed by atoms with Gasteiger partial charge >= 0.3 is 0 Å². The Morgan fingerprint density at radius 3 is 1.66 bits per heavy atom. The molecule has 0 saturated carbocycles. The third-order valence-electron chi connectivity index (χ3n) is 10.7. The van der Waals surface area contributed by atoms with Gasteiger partial charge in [-0.25, -0.2) is 15.0 Å². The van der Waals surface area contributed by atoms with E-state index in [0.717, 1.165) is 60.9 Å². The fourth-order valence-corrected chi connectivity index (χ4v) is 8.02. The molecule has 262 valence electrons. The van der Waals surface area contributed by atoms with Gasteiger partial charge in [-0.1, -0.05) is 146 Å². The molecule has 11 aromatic rings. The molecule has 0 unspecified atom stereocenters. The molecule has 3 aromatic heterocycles. The summed E-state index contributed by atoms with van der Waals surface area (Å²) in [4.78, 5) is 15.3. The van der Waals surface area contributed by atoms with E-state index in [2.05, 4.69) is 138 Å². The average molecular weight is 717 g/mol. The number of nitrogens with zero attached hydrogens (tertiary/aromatic N) is 4. The van der Waals surface area contributed by atoms with Gasteiger partial charge in [-0.05, 0) is 70.8 Å². The maximum absolute atomic E-state index is 6.14. The molecule has 0 aliphatic heterocycles. The van der Waals surface area contributed by atoms with Crippen LogP contribution in [0, 0.1) is 0 Å². The molecule has 56 heavy (non-hydrogen) atoms. The summed E-state index contributed by atoms with van der Waals surface area (Å²) in [6.45, 7) is 0. The minimum atomic E-state index is 0.602. The summed E-state index contributed by atoms with van der Waals surface area (Å²) in [5, 5.41) is 4.49. The minimum absolute atomic E-state index is 0.602. The standard InChI is InChI=1S/C51H32N4O/c1-3-14-33(15-4-1)39-20-7-8-21-40(39)35-26-28-42-41-22-9-11-24-45(41)55(46(42)32-35)38-19-13-18-36(30-38)50-52-49(34-16-5-2-6-17-34)53-51(54-50)37-27-29-48-44(31-37)43-23-10-12-25-47(43)56-48/h1-32H. The van der Waals surface area contributed by atoms with Crippen molar-refractivity contribution in [1.82, 2.24) is 19.5 Å². The first-order valence-electron chi connectivity index (χ1n) is 18.8. The Morgan fingerprint density at radius 1 is 0.321 bits per heavy atom. The predicted octanol–water partition coefficient (Wildman–Crippen LogP) is 13.2. The second kappa shape index (κ2) is 13.0. The van der Waals surface area contributed by atoms with Crippen molar-refractivity contribution in [3.63, 3.8) is 0 Å². The van der Waals surface area contributed by atoms with Crippen LogP contribution in [0.1, 0.15) is 0 Å².